The van der Waals surface area contributed by atoms with Crippen molar-refractivity contribution in [1.82, 2.24) is 5.43 Å². The summed E-state index contributed by atoms with van der Waals surface area (Å²) in [6.07, 6.45) is 1.71. The van der Waals surface area contributed by atoms with Gasteiger partial charge in [0.05, 0.1) is 31.5 Å². The van der Waals surface area contributed by atoms with Crippen molar-refractivity contribution < 1.29 is 13.9 Å². The summed E-state index contributed by atoms with van der Waals surface area (Å²) in [6, 6.07) is 10.9. The molecule has 0 saturated carbocycles. The summed E-state index contributed by atoms with van der Waals surface area (Å²) in [6.45, 7) is 6.57. The highest BCUT2D eigenvalue weighted by molar-refractivity contribution is 5.84. The van der Waals surface area contributed by atoms with Crippen LogP contribution in [0.3, 0.4) is 0 Å². The lowest BCUT2D eigenvalue weighted by Crippen LogP contribution is -2.36. The van der Waals surface area contributed by atoms with Crippen molar-refractivity contribution in [2.45, 2.75) is 20.3 Å². The Hall–Kier alpha value is -2.73. The van der Waals surface area contributed by atoms with Gasteiger partial charge in [-0.1, -0.05) is 29.8 Å². The Balaban J connectivity index is 1.57. The van der Waals surface area contributed by atoms with Crippen LogP contribution < -0.4 is 10.3 Å². The second kappa shape index (κ2) is 8.77. The predicted octanol–water partition coefficient (Wildman–Crippen LogP) is 2.97. The Kier molecular flexibility index (Phi) is 6.19. The SMILES string of the molecule is Cc1ccc(CC(=O)N/N=C\c2ccc(N3CCOCC3)c(F)c2)c(C)c1. The average Bonchev–Trinajstić information content (AvgIpc) is 2.65. The molecule has 1 fully saturated rings. The molecule has 2 aromatic carbocycles. The minimum Gasteiger partial charge on any atom is -0.378 e. The second-order valence-corrected chi connectivity index (χ2v) is 6.71. The molecule has 1 heterocycles. The molecular formula is C21H24FN3O2. The number of ether oxygens (including phenoxy) is 1. The van der Waals surface area contributed by atoms with Crippen molar-refractivity contribution in [3.63, 3.8) is 0 Å². The fraction of sp³-hybridized carbons (Fsp3) is 0.333. The second-order valence-electron chi connectivity index (χ2n) is 6.71. The Bertz CT molecular complexity index is 845. The van der Waals surface area contributed by atoms with E-state index in [4.69, 9.17) is 4.74 Å². The van der Waals surface area contributed by atoms with E-state index in [2.05, 4.69) is 10.5 Å². The van der Waals surface area contributed by atoms with Crippen LogP contribution in [0.2, 0.25) is 0 Å². The molecule has 0 radical (unpaired) electrons. The highest BCUT2D eigenvalue weighted by Crippen LogP contribution is 2.21. The maximum Gasteiger partial charge on any atom is 0.244 e. The summed E-state index contributed by atoms with van der Waals surface area (Å²) in [5.41, 5.74) is 6.87. The van der Waals surface area contributed by atoms with Gasteiger partial charge in [0.15, 0.2) is 0 Å². The van der Waals surface area contributed by atoms with Crippen LogP contribution in [0.15, 0.2) is 41.5 Å². The first kappa shape index (κ1) is 19.0. The molecule has 6 heteroatoms. The van der Waals surface area contributed by atoms with Gasteiger partial charge in [-0.3, -0.25) is 4.79 Å². The van der Waals surface area contributed by atoms with E-state index in [1.165, 1.54) is 12.3 Å². The van der Waals surface area contributed by atoms with Crippen LogP contribution >= 0.6 is 0 Å². The largest absolute Gasteiger partial charge is 0.378 e. The van der Waals surface area contributed by atoms with Gasteiger partial charge in [-0.2, -0.15) is 5.10 Å². The highest BCUT2D eigenvalue weighted by atomic mass is 19.1. The number of anilines is 1. The molecule has 0 atom stereocenters. The summed E-state index contributed by atoms with van der Waals surface area (Å²) in [5.74, 6) is -0.508. The normalized spacial score (nSPS) is 14.6. The Labute approximate surface area is 158 Å². The average molecular weight is 369 g/mol. The van der Waals surface area contributed by atoms with Gasteiger partial charge in [-0.25, -0.2) is 9.82 Å². The molecule has 0 aliphatic carbocycles. The van der Waals surface area contributed by atoms with Gasteiger partial charge >= 0.3 is 0 Å². The number of rotatable bonds is 5. The van der Waals surface area contributed by atoms with Crippen LogP contribution in [0, 0.1) is 19.7 Å². The Morgan fingerprint density at radius 3 is 2.70 bits per heavy atom. The highest BCUT2D eigenvalue weighted by Gasteiger charge is 2.15. The maximum absolute atomic E-state index is 14.4. The molecule has 0 bridgehead atoms. The molecule has 142 valence electrons. The molecule has 0 spiro atoms. The van der Waals surface area contributed by atoms with Crippen LogP contribution in [0.4, 0.5) is 10.1 Å². The van der Waals surface area contributed by atoms with E-state index in [1.54, 1.807) is 12.1 Å². The molecule has 1 aliphatic heterocycles. The van der Waals surface area contributed by atoms with Gasteiger partial charge in [-0.15, -0.1) is 0 Å². The zero-order valence-electron chi connectivity index (χ0n) is 15.7. The standard InChI is InChI=1S/C21H24FN3O2/c1-15-3-5-18(16(2)11-15)13-21(26)24-23-14-17-4-6-20(19(22)12-17)25-7-9-27-10-8-25/h3-6,11-12,14H,7-10,13H2,1-2H3,(H,24,26)/b23-14-. The number of hydrogen-bond donors (Lipinski definition) is 1. The molecular weight excluding hydrogens is 345 g/mol. The summed E-state index contributed by atoms with van der Waals surface area (Å²) in [5, 5.41) is 3.94. The first-order chi connectivity index (χ1) is 13.0. The first-order valence-corrected chi connectivity index (χ1v) is 9.03. The number of aryl methyl sites for hydroxylation is 2. The van der Waals surface area contributed by atoms with Gasteiger partial charge in [-0.05, 0) is 42.7 Å². The number of halogens is 1. The fourth-order valence-electron chi connectivity index (χ4n) is 3.10. The van der Waals surface area contributed by atoms with Crippen molar-refractivity contribution in [3.8, 4) is 0 Å². The van der Waals surface area contributed by atoms with Crippen LogP contribution in [-0.4, -0.2) is 38.4 Å². The van der Waals surface area contributed by atoms with Gasteiger partial charge in [0, 0.05) is 13.1 Å². The third-order valence-corrected chi connectivity index (χ3v) is 4.58. The number of hydrogen-bond acceptors (Lipinski definition) is 4. The number of morpholine rings is 1. The molecule has 1 aliphatic rings. The van der Waals surface area contributed by atoms with E-state index in [-0.39, 0.29) is 18.1 Å². The molecule has 1 amide bonds. The quantitative estimate of drug-likeness (QED) is 0.651. The molecule has 3 rings (SSSR count). The summed E-state index contributed by atoms with van der Waals surface area (Å²) < 4.78 is 19.6. The van der Waals surface area contributed by atoms with Crippen LogP contribution in [0.25, 0.3) is 0 Å². The van der Waals surface area contributed by atoms with Crippen LogP contribution in [-0.2, 0) is 16.0 Å². The lowest BCUT2D eigenvalue weighted by molar-refractivity contribution is -0.120. The molecule has 0 aromatic heterocycles. The van der Waals surface area contributed by atoms with E-state index in [0.29, 0.717) is 37.6 Å². The zero-order valence-corrected chi connectivity index (χ0v) is 15.7. The van der Waals surface area contributed by atoms with Crippen molar-refractivity contribution in [3.05, 3.63) is 64.5 Å². The van der Waals surface area contributed by atoms with Crippen LogP contribution in [0.5, 0.6) is 0 Å². The number of carbonyl (C=O) groups excluding carboxylic acids is 1. The molecule has 2 aromatic rings. The van der Waals surface area contributed by atoms with E-state index < -0.39 is 0 Å². The van der Waals surface area contributed by atoms with Gasteiger partial charge in [0.2, 0.25) is 5.91 Å². The number of nitrogens with zero attached hydrogens (tertiary/aromatic N) is 2. The summed E-state index contributed by atoms with van der Waals surface area (Å²) >= 11 is 0. The molecule has 1 saturated heterocycles. The molecule has 5 nitrogen and oxygen atoms in total. The third-order valence-electron chi connectivity index (χ3n) is 4.58. The van der Waals surface area contributed by atoms with Crippen molar-refractivity contribution in [2.24, 2.45) is 5.10 Å². The topological polar surface area (TPSA) is 53.9 Å². The Morgan fingerprint density at radius 2 is 2.00 bits per heavy atom. The van der Waals surface area contributed by atoms with Crippen molar-refractivity contribution in [1.29, 1.82) is 0 Å². The molecule has 0 unspecified atom stereocenters. The number of benzene rings is 2. The fourth-order valence-corrected chi connectivity index (χ4v) is 3.10. The van der Waals surface area contributed by atoms with Gasteiger partial charge < -0.3 is 9.64 Å². The van der Waals surface area contributed by atoms with Gasteiger partial charge in [0.1, 0.15) is 5.82 Å². The smallest absolute Gasteiger partial charge is 0.244 e. The Morgan fingerprint density at radius 1 is 1.22 bits per heavy atom. The minimum absolute atomic E-state index is 0.205. The van der Waals surface area contributed by atoms with Crippen LogP contribution in [0.1, 0.15) is 22.3 Å². The molecule has 27 heavy (non-hydrogen) atoms. The van der Waals surface area contributed by atoms with E-state index in [0.717, 1.165) is 16.7 Å². The molecule has 1 N–H and O–H groups in total. The zero-order chi connectivity index (χ0) is 19.2. The number of hydrazone groups is 1. The lowest BCUT2D eigenvalue weighted by atomic mass is 10.0. The lowest BCUT2D eigenvalue weighted by Gasteiger charge is -2.29. The van der Waals surface area contributed by atoms with E-state index in [1.807, 2.05) is 36.9 Å². The van der Waals surface area contributed by atoms with Crippen molar-refractivity contribution >= 4 is 17.8 Å². The van der Waals surface area contributed by atoms with Gasteiger partial charge in [0.25, 0.3) is 0 Å². The van der Waals surface area contributed by atoms with E-state index >= 15 is 0 Å². The van der Waals surface area contributed by atoms with E-state index in [9.17, 15) is 9.18 Å². The first-order valence-electron chi connectivity index (χ1n) is 9.03. The predicted molar refractivity (Wildman–Crippen MR) is 105 cm³/mol. The third kappa shape index (κ3) is 5.14. The summed E-state index contributed by atoms with van der Waals surface area (Å²) in [7, 11) is 0. The number of nitrogens with one attached hydrogen (secondary N) is 1. The monoisotopic (exact) mass is 369 g/mol. The summed E-state index contributed by atoms with van der Waals surface area (Å²) in [4.78, 5) is 14.0. The van der Waals surface area contributed by atoms with Crippen molar-refractivity contribution in [2.75, 3.05) is 31.2 Å². The maximum atomic E-state index is 14.4. The number of amides is 1. The minimum atomic E-state index is -0.303. The number of carbonyl (C=O) groups is 1.